The third-order valence-corrected chi connectivity index (χ3v) is 4.35. The van der Waals surface area contributed by atoms with Crippen LogP contribution in [0.4, 0.5) is 0 Å². The number of aldehydes is 1. The highest BCUT2D eigenvalue weighted by Crippen LogP contribution is 2.28. The molecular formula is C8H4I2N2OS. The Morgan fingerprint density at radius 1 is 1.57 bits per heavy atom. The third-order valence-electron chi connectivity index (χ3n) is 1.79. The van der Waals surface area contributed by atoms with Gasteiger partial charge >= 0.3 is 0 Å². The monoisotopic (exact) mass is 430 g/mol. The maximum Gasteiger partial charge on any atom is 0.151 e. The van der Waals surface area contributed by atoms with Crippen LogP contribution in [0, 0.1) is 3.57 Å². The molecule has 0 aliphatic rings. The molecule has 6 heteroatoms. The largest absolute Gasteiger partial charge is 0.298 e. The van der Waals surface area contributed by atoms with Crippen molar-refractivity contribution in [2.24, 2.45) is 0 Å². The number of pyridine rings is 1. The summed E-state index contributed by atoms with van der Waals surface area (Å²) in [6, 6.07) is 1.86. The van der Waals surface area contributed by atoms with Gasteiger partial charge in [0.05, 0.1) is 0 Å². The lowest BCUT2D eigenvalue weighted by Gasteiger charge is -1.96. The van der Waals surface area contributed by atoms with Crippen molar-refractivity contribution in [2.45, 2.75) is 0 Å². The lowest BCUT2D eigenvalue weighted by atomic mass is 10.2. The van der Waals surface area contributed by atoms with Gasteiger partial charge in [-0.1, -0.05) is 0 Å². The van der Waals surface area contributed by atoms with Gasteiger partial charge in [-0.25, -0.2) is 4.98 Å². The van der Waals surface area contributed by atoms with E-state index in [0.717, 1.165) is 20.9 Å². The summed E-state index contributed by atoms with van der Waals surface area (Å²) < 4.78 is 3.09. The van der Waals surface area contributed by atoms with Gasteiger partial charge in [-0.3, -0.25) is 8.77 Å². The van der Waals surface area contributed by atoms with E-state index < -0.39 is 0 Å². The summed E-state index contributed by atoms with van der Waals surface area (Å²) >= 11 is 4.44. The predicted octanol–water partition coefficient (Wildman–Crippen LogP) is 3.30. The summed E-state index contributed by atoms with van der Waals surface area (Å²) in [5.74, 6) is 0. The van der Waals surface area contributed by atoms with Crippen LogP contribution in [0.25, 0.3) is 11.0 Å². The van der Waals surface area contributed by atoms with Crippen molar-refractivity contribution in [3.05, 3.63) is 27.6 Å². The minimum Gasteiger partial charge on any atom is -0.298 e. The van der Waals surface area contributed by atoms with Gasteiger partial charge in [-0.05, 0) is 28.7 Å². The van der Waals surface area contributed by atoms with E-state index >= 15 is 0 Å². The predicted molar refractivity (Wildman–Crippen MR) is 74.8 cm³/mol. The second kappa shape index (κ2) is 4.35. The molecule has 14 heavy (non-hydrogen) atoms. The zero-order valence-electron chi connectivity index (χ0n) is 6.78. The summed E-state index contributed by atoms with van der Waals surface area (Å²) in [7, 11) is 1.56. The summed E-state index contributed by atoms with van der Waals surface area (Å²) in [6.07, 6.45) is 4.41. The number of carbonyl (C=O) groups excluding carboxylic acids is 1. The zero-order chi connectivity index (χ0) is 10.1. The molecule has 0 spiro atoms. The lowest BCUT2D eigenvalue weighted by molar-refractivity contribution is 0.112. The zero-order valence-corrected chi connectivity index (χ0v) is 11.9. The highest BCUT2D eigenvalue weighted by atomic mass is 127. The Hall–Kier alpha value is 0.170. The Morgan fingerprint density at radius 3 is 3.00 bits per heavy atom. The average molecular weight is 430 g/mol. The van der Waals surface area contributed by atoms with Gasteiger partial charge in [0.15, 0.2) is 11.9 Å². The molecule has 2 aromatic heterocycles. The van der Waals surface area contributed by atoms with Crippen molar-refractivity contribution in [3.63, 3.8) is 0 Å². The molecule has 0 atom stereocenters. The van der Waals surface area contributed by atoms with Crippen molar-refractivity contribution in [3.8, 4) is 0 Å². The van der Waals surface area contributed by atoms with E-state index in [0.29, 0.717) is 5.56 Å². The summed E-state index contributed by atoms with van der Waals surface area (Å²) in [5, 5.41) is 1.03. The first kappa shape index (κ1) is 10.7. The summed E-state index contributed by atoms with van der Waals surface area (Å²) in [5.41, 5.74) is 1.52. The number of nitrogens with zero attached hydrogens (tertiary/aromatic N) is 2. The van der Waals surface area contributed by atoms with Crippen LogP contribution in [0.3, 0.4) is 0 Å². The number of rotatable bonds is 2. The van der Waals surface area contributed by atoms with Gasteiger partial charge in [0.1, 0.15) is 0 Å². The van der Waals surface area contributed by atoms with Crippen LogP contribution in [-0.4, -0.2) is 15.2 Å². The van der Waals surface area contributed by atoms with Crippen LogP contribution >= 0.6 is 52.9 Å². The Bertz CT molecular complexity index is 497. The van der Waals surface area contributed by atoms with Crippen molar-refractivity contribution in [1.82, 2.24) is 8.96 Å². The molecule has 2 rings (SSSR count). The highest BCUT2D eigenvalue weighted by Gasteiger charge is 2.08. The molecule has 0 bridgehead atoms. The van der Waals surface area contributed by atoms with Crippen LogP contribution in [0.1, 0.15) is 10.4 Å². The van der Waals surface area contributed by atoms with Crippen LogP contribution in [0.5, 0.6) is 0 Å². The van der Waals surface area contributed by atoms with Crippen LogP contribution in [0.15, 0.2) is 18.5 Å². The Kier molecular flexibility index (Phi) is 3.32. The SMILES string of the molecule is O=Cc1cnc2c(c1)c(I)cn2SI. The quantitative estimate of drug-likeness (QED) is 0.542. The molecule has 0 aliphatic heterocycles. The van der Waals surface area contributed by atoms with Gasteiger partial charge < -0.3 is 0 Å². The molecule has 3 nitrogen and oxygen atoms in total. The van der Waals surface area contributed by atoms with Crippen molar-refractivity contribution < 1.29 is 4.79 Å². The van der Waals surface area contributed by atoms with Crippen LogP contribution in [0.2, 0.25) is 0 Å². The first-order chi connectivity index (χ1) is 6.76. The number of fused-ring (bicyclic) bond motifs is 1. The van der Waals surface area contributed by atoms with Crippen molar-refractivity contribution in [1.29, 1.82) is 0 Å². The number of aromatic nitrogens is 2. The average Bonchev–Trinajstić information content (AvgIpc) is 2.55. The maximum atomic E-state index is 10.6. The number of halogens is 2. The molecule has 0 saturated heterocycles. The van der Waals surface area contributed by atoms with E-state index in [-0.39, 0.29) is 0 Å². The van der Waals surface area contributed by atoms with E-state index in [4.69, 9.17) is 0 Å². The molecule has 0 N–H and O–H groups in total. The van der Waals surface area contributed by atoms with Crippen molar-refractivity contribution >= 4 is 70.2 Å². The molecule has 0 amide bonds. The Labute approximate surface area is 111 Å². The fourth-order valence-electron chi connectivity index (χ4n) is 1.18. The van der Waals surface area contributed by atoms with Crippen molar-refractivity contribution in [2.75, 3.05) is 0 Å². The summed E-state index contributed by atoms with van der Waals surface area (Å²) in [4.78, 5) is 14.8. The van der Waals surface area contributed by atoms with Gasteiger partial charge in [0, 0.05) is 57.2 Å². The third kappa shape index (κ3) is 1.78. The first-order valence-corrected chi connectivity index (χ1v) is 8.06. The minimum atomic E-state index is 0.617. The van der Waals surface area contributed by atoms with E-state index in [1.807, 2.05) is 16.2 Å². The van der Waals surface area contributed by atoms with Crippen LogP contribution < -0.4 is 0 Å². The molecule has 0 aliphatic carbocycles. The number of hydrogen-bond donors (Lipinski definition) is 0. The van der Waals surface area contributed by atoms with Gasteiger partial charge in [-0.2, -0.15) is 0 Å². The topological polar surface area (TPSA) is 34.9 Å². The standard InChI is InChI=1S/C8H4I2N2OS/c9-7-3-12(14-10)8-6(7)1-5(4-13)2-11-8/h1-4H. The minimum absolute atomic E-state index is 0.617. The number of hydrogen-bond acceptors (Lipinski definition) is 3. The smallest absolute Gasteiger partial charge is 0.151 e. The molecule has 0 saturated carbocycles. The lowest BCUT2D eigenvalue weighted by Crippen LogP contribution is -1.86. The maximum absolute atomic E-state index is 10.6. The van der Waals surface area contributed by atoms with Crippen LogP contribution in [-0.2, 0) is 0 Å². The first-order valence-electron chi connectivity index (χ1n) is 3.67. The van der Waals surface area contributed by atoms with Gasteiger partial charge in [-0.15, -0.1) is 0 Å². The normalized spacial score (nSPS) is 10.7. The molecular weight excluding hydrogens is 426 g/mol. The second-order valence-corrected chi connectivity index (χ2v) is 5.50. The van der Waals surface area contributed by atoms with E-state index in [1.54, 1.807) is 15.3 Å². The molecule has 2 heterocycles. The fourth-order valence-corrected chi connectivity index (χ4v) is 3.30. The highest BCUT2D eigenvalue weighted by molar-refractivity contribution is 14.2. The summed E-state index contributed by atoms with van der Waals surface area (Å²) in [6.45, 7) is 0. The molecule has 0 fully saturated rings. The van der Waals surface area contributed by atoms with E-state index in [2.05, 4.69) is 48.8 Å². The Morgan fingerprint density at radius 2 is 2.36 bits per heavy atom. The van der Waals surface area contributed by atoms with Gasteiger partial charge in [0.2, 0.25) is 0 Å². The molecule has 0 radical (unpaired) electrons. The molecule has 72 valence electrons. The van der Waals surface area contributed by atoms with E-state index in [9.17, 15) is 4.79 Å². The molecule has 0 unspecified atom stereocenters. The number of carbonyl (C=O) groups is 1. The Balaban J connectivity index is 2.76. The second-order valence-electron chi connectivity index (χ2n) is 2.63. The van der Waals surface area contributed by atoms with E-state index in [1.165, 1.54) is 0 Å². The molecule has 2 aromatic rings. The fraction of sp³-hybridized carbons (Fsp3) is 0. The molecule has 0 aromatic carbocycles. The van der Waals surface area contributed by atoms with Gasteiger partial charge in [0.25, 0.3) is 0 Å².